The normalized spacial score (nSPS) is 16.2. The van der Waals surface area contributed by atoms with Crippen molar-refractivity contribution >= 4 is 32.5 Å². The van der Waals surface area contributed by atoms with Gasteiger partial charge < -0.3 is 5.32 Å². The molecule has 0 amide bonds. The third-order valence-electron chi connectivity index (χ3n) is 4.89. The number of rotatable bonds is 2. The van der Waals surface area contributed by atoms with Gasteiger partial charge in [0.05, 0.1) is 21.3 Å². The van der Waals surface area contributed by atoms with E-state index in [1.165, 1.54) is 23.8 Å². The summed E-state index contributed by atoms with van der Waals surface area (Å²) >= 11 is 1.81. The number of hydrogen-bond acceptors (Lipinski definition) is 4. The highest BCUT2D eigenvalue weighted by Crippen LogP contribution is 2.35. The maximum atomic E-state index is 14.3. The number of nitrogens with one attached hydrogen (secondary N) is 1. The summed E-state index contributed by atoms with van der Waals surface area (Å²) in [6.07, 6.45) is 6.06. The van der Waals surface area contributed by atoms with Crippen LogP contribution in [-0.2, 0) is 7.05 Å². The largest absolute Gasteiger partial charge is 0.317 e. The number of halogens is 1. The molecular formula is C18H18FN5S. The molecule has 5 rings (SSSR count). The highest BCUT2D eigenvalue weighted by Gasteiger charge is 2.19. The predicted molar refractivity (Wildman–Crippen MR) is 98.0 cm³/mol. The Hall–Kier alpha value is -2.25. The summed E-state index contributed by atoms with van der Waals surface area (Å²) in [5.74, 6) is 0.367. The Morgan fingerprint density at radius 3 is 2.76 bits per heavy atom. The minimum Gasteiger partial charge on any atom is -0.317 e. The molecule has 128 valence electrons. The van der Waals surface area contributed by atoms with Crippen molar-refractivity contribution in [3.8, 4) is 5.69 Å². The minimum absolute atomic E-state index is 0.269. The molecule has 5 nitrogen and oxygen atoms in total. The average Bonchev–Trinajstić information content (AvgIpc) is 3.27. The fourth-order valence-electron chi connectivity index (χ4n) is 3.60. The zero-order valence-electron chi connectivity index (χ0n) is 13.9. The van der Waals surface area contributed by atoms with E-state index in [1.807, 2.05) is 12.3 Å². The molecule has 1 fully saturated rings. The van der Waals surface area contributed by atoms with Gasteiger partial charge in [0.1, 0.15) is 11.3 Å². The minimum atomic E-state index is -0.269. The second-order valence-electron chi connectivity index (χ2n) is 6.66. The molecule has 0 radical (unpaired) electrons. The fraction of sp³-hybridized carbons (Fsp3) is 0.333. The van der Waals surface area contributed by atoms with Crippen molar-refractivity contribution in [1.82, 2.24) is 24.9 Å². The number of nitrogens with zero attached hydrogens (tertiary/aromatic N) is 4. The van der Waals surface area contributed by atoms with Gasteiger partial charge in [-0.25, -0.2) is 9.07 Å². The van der Waals surface area contributed by atoms with Gasteiger partial charge in [0.15, 0.2) is 0 Å². The highest BCUT2D eigenvalue weighted by molar-refractivity contribution is 7.19. The number of benzene rings is 1. The average molecular weight is 355 g/mol. The molecule has 4 heterocycles. The standard InChI is InChI=1S/C18H18FN5S/c1-23-9-13-14(19)6-12(7-15(13)21-23)24-10-18-16(22-24)8-17(25-18)11-2-4-20-5-3-11/h6-11,20H,2-5H2,1H3. The molecule has 0 spiro atoms. The van der Waals surface area contributed by atoms with Crippen LogP contribution >= 0.6 is 11.3 Å². The van der Waals surface area contributed by atoms with Crippen LogP contribution in [0.25, 0.3) is 26.8 Å². The van der Waals surface area contributed by atoms with Gasteiger partial charge in [0.2, 0.25) is 0 Å². The molecular weight excluding hydrogens is 337 g/mol. The maximum absolute atomic E-state index is 14.3. The Balaban J connectivity index is 1.53. The van der Waals surface area contributed by atoms with Crippen LogP contribution in [0, 0.1) is 5.82 Å². The van der Waals surface area contributed by atoms with E-state index in [1.54, 1.807) is 33.9 Å². The van der Waals surface area contributed by atoms with Gasteiger partial charge in [0, 0.05) is 30.4 Å². The molecule has 0 aliphatic carbocycles. The first-order chi connectivity index (χ1) is 12.2. The van der Waals surface area contributed by atoms with E-state index in [9.17, 15) is 4.39 Å². The van der Waals surface area contributed by atoms with Crippen molar-refractivity contribution in [2.45, 2.75) is 18.8 Å². The lowest BCUT2D eigenvalue weighted by Gasteiger charge is -2.21. The quantitative estimate of drug-likeness (QED) is 0.598. The number of hydrogen-bond donors (Lipinski definition) is 1. The van der Waals surface area contributed by atoms with Gasteiger partial charge in [-0.15, -0.1) is 11.3 Å². The van der Waals surface area contributed by atoms with Crippen molar-refractivity contribution in [3.05, 3.63) is 41.3 Å². The Kier molecular flexibility index (Phi) is 3.39. The monoisotopic (exact) mass is 355 g/mol. The third-order valence-corrected chi connectivity index (χ3v) is 6.12. The molecule has 1 aliphatic rings. The SMILES string of the molecule is Cn1cc2c(F)cc(-n3cc4sc(C5CCNCC5)cc4n3)cc2n1. The van der Waals surface area contributed by atoms with E-state index in [4.69, 9.17) is 0 Å². The summed E-state index contributed by atoms with van der Waals surface area (Å²) in [5.41, 5.74) is 2.34. The Bertz CT molecular complexity index is 1040. The van der Waals surface area contributed by atoms with Crippen LogP contribution in [-0.4, -0.2) is 32.7 Å². The summed E-state index contributed by atoms with van der Waals surface area (Å²) in [6.45, 7) is 2.17. The van der Waals surface area contributed by atoms with Crippen molar-refractivity contribution < 1.29 is 4.39 Å². The first kappa shape index (κ1) is 15.0. The molecule has 3 aromatic heterocycles. The fourth-order valence-corrected chi connectivity index (χ4v) is 4.78. The molecule has 1 aliphatic heterocycles. The first-order valence-corrected chi connectivity index (χ1v) is 9.32. The highest BCUT2D eigenvalue weighted by atomic mass is 32.1. The summed E-state index contributed by atoms with van der Waals surface area (Å²) in [6, 6.07) is 5.60. The molecule has 0 bridgehead atoms. The summed E-state index contributed by atoms with van der Waals surface area (Å²) < 4.78 is 18.9. The van der Waals surface area contributed by atoms with Crippen LogP contribution in [0.4, 0.5) is 4.39 Å². The van der Waals surface area contributed by atoms with Crippen LogP contribution < -0.4 is 5.32 Å². The number of fused-ring (bicyclic) bond motifs is 2. The van der Waals surface area contributed by atoms with E-state index in [0.717, 1.165) is 23.3 Å². The van der Waals surface area contributed by atoms with E-state index in [0.29, 0.717) is 22.5 Å². The van der Waals surface area contributed by atoms with Crippen LogP contribution in [0.1, 0.15) is 23.6 Å². The molecule has 4 aromatic rings. The predicted octanol–water partition coefficient (Wildman–Crippen LogP) is 3.58. The molecule has 7 heteroatoms. The van der Waals surface area contributed by atoms with Crippen LogP contribution in [0.15, 0.2) is 30.6 Å². The number of piperidine rings is 1. The van der Waals surface area contributed by atoms with E-state index in [-0.39, 0.29) is 5.82 Å². The molecule has 1 N–H and O–H groups in total. The first-order valence-electron chi connectivity index (χ1n) is 8.50. The van der Waals surface area contributed by atoms with E-state index >= 15 is 0 Å². The second kappa shape index (κ2) is 5.64. The smallest absolute Gasteiger partial charge is 0.136 e. The topological polar surface area (TPSA) is 47.7 Å². The zero-order chi connectivity index (χ0) is 17.0. The molecule has 0 atom stereocenters. The van der Waals surface area contributed by atoms with Crippen molar-refractivity contribution in [2.24, 2.45) is 7.05 Å². The summed E-state index contributed by atoms with van der Waals surface area (Å²) in [7, 11) is 1.80. The number of aryl methyl sites for hydroxylation is 1. The lowest BCUT2D eigenvalue weighted by atomic mass is 9.96. The number of thiophene rings is 1. The van der Waals surface area contributed by atoms with Crippen molar-refractivity contribution in [3.63, 3.8) is 0 Å². The van der Waals surface area contributed by atoms with Gasteiger partial charge >= 0.3 is 0 Å². The zero-order valence-corrected chi connectivity index (χ0v) is 14.7. The van der Waals surface area contributed by atoms with Gasteiger partial charge in [-0.3, -0.25) is 4.68 Å². The van der Waals surface area contributed by atoms with E-state index in [2.05, 4.69) is 21.6 Å². The Morgan fingerprint density at radius 1 is 1.12 bits per heavy atom. The molecule has 1 aromatic carbocycles. The molecule has 1 saturated heterocycles. The molecule has 25 heavy (non-hydrogen) atoms. The van der Waals surface area contributed by atoms with Crippen LogP contribution in [0.5, 0.6) is 0 Å². The van der Waals surface area contributed by atoms with E-state index < -0.39 is 0 Å². The summed E-state index contributed by atoms with van der Waals surface area (Å²) in [4.78, 5) is 1.41. The van der Waals surface area contributed by atoms with Gasteiger partial charge in [0.25, 0.3) is 0 Å². The molecule has 0 saturated carbocycles. The van der Waals surface area contributed by atoms with Crippen LogP contribution in [0.3, 0.4) is 0 Å². The van der Waals surface area contributed by atoms with Crippen LogP contribution in [0.2, 0.25) is 0 Å². The third kappa shape index (κ3) is 2.54. The second-order valence-corrected chi connectivity index (χ2v) is 7.77. The van der Waals surface area contributed by atoms with Gasteiger partial charge in [-0.2, -0.15) is 10.2 Å². The van der Waals surface area contributed by atoms with Gasteiger partial charge in [-0.05, 0) is 44.0 Å². The molecule has 0 unspecified atom stereocenters. The lowest BCUT2D eigenvalue weighted by molar-refractivity contribution is 0.465. The van der Waals surface area contributed by atoms with Gasteiger partial charge in [-0.1, -0.05) is 0 Å². The Morgan fingerprint density at radius 2 is 1.96 bits per heavy atom. The van der Waals surface area contributed by atoms with Crippen molar-refractivity contribution in [2.75, 3.05) is 13.1 Å². The summed E-state index contributed by atoms with van der Waals surface area (Å²) in [5, 5.41) is 12.9. The maximum Gasteiger partial charge on any atom is 0.136 e. The number of aromatic nitrogens is 4. The lowest BCUT2D eigenvalue weighted by Crippen LogP contribution is -2.26. The van der Waals surface area contributed by atoms with Crippen molar-refractivity contribution in [1.29, 1.82) is 0 Å². The Labute approximate surface area is 148 Å².